The van der Waals surface area contributed by atoms with E-state index in [4.69, 9.17) is 11.6 Å². The topological polar surface area (TPSA) is 17.0 Å². The standard InChI is InChI=1S/C13H17ClN2S/c1-2-7-16-8-3-4-11(16)9-15-10-12-5-6-13(14)17-12/h3-6,8,15H,2,7,9-10H2,1H3. The fraction of sp³-hybridized carbons (Fsp3) is 0.385. The average molecular weight is 269 g/mol. The van der Waals surface area contributed by atoms with Gasteiger partial charge < -0.3 is 9.88 Å². The maximum atomic E-state index is 5.89. The summed E-state index contributed by atoms with van der Waals surface area (Å²) in [5.74, 6) is 0. The number of aryl methyl sites for hydroxylation is 1. The van der Waals surface area contributed by atoms with Gasteiger partial charge in [-0.2, -0.15) is 0 Å². The molecule has 4 heteroatoms. The van der Waals surface area contributed by atoms with Gasteiger partial charge in [-0.25, -0.2) is 0 Å². The highest BCUT2D eigenvalue weighted by Crippen LogP contribution is 2.21. The molecule has 0 saturated carbocycles. The Bertz CT molecular complexity index is 461. The minimum Gasteiger partial charge on any atom is -0.350 e. The van der Waals surface area contributed by atoms with Crippen LogP contribution in [-0.4, -0.2) is 4.57 Å². The number of aromatic nitrogens is 1. The van der Waals surface area contributed by atoms with Gasteiger partial charge in [-0.05, 0) is 30.7 Å². The van der Waals surface area contributed by atoms with E-state index in [-0.39, 0.29) is 0 Å². The molecular formula is C13H17ClN2S. The predicted molar refractivity (Wildman–Crippen MR) is 74.6 cm³/mol. The molecule has 2 rings (SSSR count). The third-order valence-corrected chi connectivity index (χ3v) is 3.85. The molecule has 0 aliphatic rings. The molecule has 0 atom stereocenters. The van der Waals surface area contributed by atoms with Gasteiger partial charge in [0.2, 0.25) is 0 Å². The van der Waals surface area contributed by atoms with Crippen LogP contribution in [0, 0.1) is 0 Å². The molecule has 2 nitrogen and oxygen atoms in total. The van der Waals surface area contributed by atoms with Crippen LogP contribution in [-0.2, 0) is 19.6 Å². The molecule has 92 valence electrons. The average Bonchev–Trinajstić information content (AvgIpc) is 2.90. The van der Waals surface area contributed by atoms with Crippen molar-refractivity contribution in [3.8, 4) is 0 Å². The highest BCUT2D eigenvalue weighted by atomic mass is 35.5. The first-order valence-electron chi connectivity index (χ1n) is 5.88. The molecule has 0 saturated heterocycles. The highest BCUT2D eigenvalue weighted by Gasteiger charge is 2.01. The van der Waals surface area contributed by atoms with Gasteiger partial charge in [-0.15, -0.1) is 11.3 Å². The predicted octanol–water partition coefficient (Wildman–Crippen LogP) is 3.90. The first kappa shape index (κ1) is 12.7. The van der Waals surface area contributed by atoms with Crippen LogP contribution in [0.1, 0.15) is 23.9 Å². The van der Waals surface area contributed by atoms with Crippen LogP contribution in [0.5, 0.6) is 0 Å². The van der Waals surface area contributed by atoms with E-state index in [1.807, 2.05) is 6.07 Å². The lowest BCUT2D eigenvalue weighted by molar-refractivity contribution is 0.604. The van der Waals surface area contributed by atoms with Gasteiger partial charge in [0.05, 0.1) is 4.34 Å². The Morgan fingerprint density at radius 3 is 2.88 bits per heavy atom. The zero-order valence-electron chi connectivity index (χ0n) is 9.95. The first-order chi connectivity index (χ1) is 8.29. The Kier molecular flexibility index (Phi) is 4.66. The highest BCUT2D eigenvalue weighted by molar-refractivity contribution is 7.16. The summed E-state index contributed by atoms with van der Waals surface area (Å²) in [6, 6.07) is 8.30. The molecule has 2 aromatic rings. The van der Waals surface area contributed by atoms with Crippen molar-refractivity contribution in [3.63, 3.8) is 0 Å². The summed E-state index contributed by atoms with van der Waals surface area (Å²) in [7, 11) is 0. The summed E-state index contributed by atoms with van der Waals surface area (Å²) in [4.78, 5) is 1.28. The van der Waals surface area contributed by atoms with Gasteiger partial charge in [0.1, 0.15) is 0 Å². The van der Waals surface area contributed by atoms with Gasteiger partial charge in [-0.3, -0.25) is 0 Å². The molecule has 2 aromatic heterocycles. The Labute approximate surface area is 111 Å². The van der Waals surface area contributed by atoms with Crippen molar-refractivity contribution in [1.29, 1.82) is 0 Å². The zero-order chi connectivity index (χ0) is 12.1. The molecule has 0 aromatic carbocycles. The van der Waals surface area contributed by atoms with Gasteiger partial charge in [0.25, 0.3) is 0 Å². The molecule has 0 fully saturated rings. The molecule has 0 bridgehead atoms. The molecule has 0 amide bonds. The van der Waals surface area contributed by atoms with Crippen LogP contribution >= 0.6 is 22.9 Å². The van der Waals surface area contributed by atoms with Crippen LogP contribution in [0.3, 0.4) is 0 Å². The molecule has 0 unspecified atom stereocenters. The van der Waals surface area contributed by atoms with Crippen molar-refractivity contribution in [2.24, 2.45) is 0 Å². The van der Waals surface area contributed by atoms with E-state index in [1.54, 1.807) is 11.3 Å². The molecule has 0 aliphatic carbocycles. The zero-order valence-corrected chi connectivity index (χ0v) is 11.5. The molecule has 1 N–H and O–H groups in total. The van der Waals surface area contributed by atoms with Crippen molar-refractivity contribution >= 4 is 22.9 Å². The molecular weight excluding hydrogens is 252 g/mol. The Hall–Kier alpha value is -0.770. The number of thiophene rings is 1. The minimum absolute atomic E-state index is 0.858. The van der Waals surface area contributed by atoms with Crippen LogP contribution in [0.15, 0.2) is 30.5 Å². The first-order valence-corrected chi connectivity index (χ1v) is 7.08. The third-order valence-electron chi connectivity index (χ3n) is 2.62. The number of hydrogen-bond acceptors (Lipinski definition) is 2. The minimum atomic E-state index is 0.858. The van der Waals surface area contributed by atoms with Crippen LogP contribution < -0.4 is 5.32 Å². The van der Waals surface area contributed by atoms with Crippen molar-refractivity contribution < 1.29 is 0 Å². The number of nitrogens with one attached hydrogen (secondary N) is 1. The molecule has 0 aliphatic heterocycles. The summed E-state index contributed by atoms with van der Waals surface area (Å²) < 4.78 is 3.16. The van der Waals surface area contributed by atoms with Crippen molar-refractivity contribution in [1.82, 2.24) is 9.88 Å². The number of rotatable bonds is 6. The van der Waals surface area contributed by atoms with E-state index >= 15 is 0 Å². The van der Waals surface area contributed by atoms with Crippen molar-refractivity contribution in [2.75, 3.05) is 0 Å². The summed E-state index contributed by atoms with van der Waals surface area (Å²) in [6.45, 7) is 5.08. The van der Waals surface area contributed by atoms with E-state index in [2.05, 4.69) is 41.2 Å². The fourth-order valence-electron chi connectivity index (χ4n) is 1.83. The van der Waals surface area contributed by atoms with Gasteiger partial charge >= 0.3 is 0 Å². The molecule has 17 heavy (non-hydrogen) atoms. The quantitative estimate of drug-likeness (QED) is 0.841. The van der Waals surface area contributed by atoms with E-state index < -0.39 is 0 Å². The monoisotopic (exact) mass is 268 g/mol. The second kappa shape index (κ2) is 6.24. The van der Waals surface area contributed by atoms with Crippen LogP contribution in [0.4, 0.5) is 0 Å². The maximum absolute atomic E-state index is 5.89. The summed E-state index contributed by atoms with van der Waals surface area (Å²) in [5.41, 5.74) is 1.34. The second-order valence-electron chi connectivity index (χ2n) is 4.00. The Balaban J connectivity index is 1.83. The fourth-order valence-corrected chi connectivity index (χ4v) is 2.89. The lowest BCUT2D eigenvalue weighted by Crippen LogP contribution is -2.15. The number of hydrogen-bond donors (Lipinski definition) is 1. The summed E-state index contributed by atoms with van der Waals surface area (Å²) >= 11 is 7.53. The summed E-state index contributed by atoms with van der Waals surface area (Å²) in [6.07, 6.45) is 3.31. The van der Waals surface area contributed by atoms with E-state index in [1.165, 1.54) is 17.0 Å². The van der Waals surface area contributed by atoms with Crippen molar-refractivity contribution in [3.05, 3.63) is 45.4 Å². The number of halogens is 1. The largest absolute Gasteiger partial charge is 0.350 e. The smallest absolute Gasteiger partial charge is 0.0931 e. The maximum Gasteiger partial charge on any atom is 0.0931 e. The van der Waals surface area contributed by atoms with E-state index in [0.717, 1.165) is 24.0 Å². The van der Waals surface area contributed by atoms with Gasteiger partial charge in [-0.1, -0.05) is 18.5 Å². The van der Waals surface area contributed by atoms with Crippen molar-refractivity contribution in [2.45, 2.75) is 33.0 Å². The SMILES string of the molecule is CCCn1cccc1CNCc1ccc(Cl)s1. The Morgan fingerprint density at radius 2 is 2.18 bits per heavy atom. The normalized spacial score (nSPS) is 10.9. The van der Waals surface area contributed by atoms with Gasteiger partial charge in [0.15, 0.2) is 0 Å². The summed E-state index contributed by atoms with van der Waals surface area (Å²) in [5, 5.41) is 3.45. The molecule has 0 radical (unpaired) electrons. The molecule has 0 spiro atoms. The number of nitrogens with zero attached hydrogens (tertiary/aromatic N) is 1. The Morgan fingerprint density at radius 1 is 1.29 bits per heavy atom. The lowest BCUT2D eigenvalue weighted by Gasteiger charge is -2.08. The van der Waals surface area contributed by atoms with E-state index in [0.29, 0.717) is 0 Å². The molecule has 2 heterocycles. The van der Waals surface area contributed by atoms with E-state index in [9.17, 15) is 0 Å². The van der Waals surface area contributed by atoms with Crippen LogP contribution in [0.2, 0.25) is 4.34 Å². The van der Waals surface area contributed by atoms with Crippen LogP contribution in [0.25, 0.3) is 0 Å². The second-order valence-corrected chi connectivity index (χ2v) is 5.80. The lowest BCUT2D eigenvalue weighted by atomic mass is 10.4. The third kappa shape index (κ3) is 3.60. The van der Waals surface area contributed by atoms with Gasteiger partial charge in [0, 0.05) is 36.4 Å².